The van der Waals surface area contributed by atoms with Crippen LogP contribution < -0.4 is 5.32 Å². The number of hydrogen-bond donors (Lipinski definition) is 1. The summed E-state index contributed by atoms with van der Waals surface area (Å²) < 4.78 is 15.0. The lowest BCUT2D eigenvalue weighted by atomic mass is 10.3. The second kappa shape index (κ2) is 5.40. The SMILES string of the molecule is CCc1cc(CNc2cc(F)cc(Cl)c2)n(C)n1. The monoisotopic (exact) mass is 267 g/mol. The molecule has 1 N–H and O–H groups in total. The van der Waals surface area contributed by atoms with Crippen molar-refractivity contribution >= 4 is 17.3 Å². The number of halogens is 2. The Bertz CT molecular complexity index is 531. The van der Waals surface area contributed by atoms with Crippen LogP contribution >= 0.6 is 11.6 Å². The van der Waals surface area contributed by atoms with Crippen molar-refractivity contribution in [1.82, 2.24) is 9.78 Å². The molecule has 0 aliphatic rings. The molecule has 3 nitrogen and oxygen atoms in total. The van der Waals surface area contributed by atoms with Crippen molar-refractivity contribution in [3.8, 4) is 0 Å². The van der Waals surface area contributed by atoms with Crippen molar-refractivity contribution in [3.05, 3.63) is 46.5 Å². The molecule has 0 bridgehead atoms. The van der Waals surface area contributed by atoms with E-state index in [1.807, 2.05) is 17.8 Å². The molecule has 1 aromatic carbocycles. The smallest absolute Gasteiger partial charge is 0.126 e. The van der Waals surface area contributed by atoms with Crippen molar-refractivity contribution in [1.29, 1.82) is 0 Å². The lowest BCUT2D eigenvalue weighted by Crippen LogP contribution is -2.05. The van der Waals surface area contributed by atoms with Crippen molar-refractivity contribution in [2.45, 2.75) is 19.9 Å². The molecule has 0 radical (unpaired) electrons. The van der Waals surface area contributed by atoms with E-state index in [2.05, 4.69) is 17.3 Å². The van der Waals surface area contributed by atoms with Crippen molar-refractivity contribution in [3.63, 3.8) is 0 Å². The highest BCUT2D eigenvalue weighted by Gasteiger charge is 2.04. The molecule has 1 aromatic heterocycles. The van der Waals surface area contributed by atoms with Gasteiger partial charge in [0.15, 0.2) is 0 Å². The molecule has 2 aromatic rings. The third kappa shape index (κ3) is 3.01. The molecule has 0 spiro atoms. The summed E-state index contributed by atoms with van der Waals surface area (Å²) in [6, 6.07) is 6.44. The Morgan fingerprint density at radius 1 is 1.33 bits per heavy atom. The Morgan fingerprint density at radius 3 is 2.72 bits per heavy atom. The molecule has 1 heterocycles. The van der Waals surface area contributed by atoms with Crippen LogP contribution in [0.5, 0.6) is 0 Å². The Morgan fingerprint density at radius 2 is 2.11 bits per heavy atom. The van der Waals surface area contributed by atoms with E-state index in [0.717, 1.165) is 17.8 Å². The number of aryl methyl sites for hydroxylation is 2. The van der Waals surface area contributed by atoms with E-state index in [4.69, 9.17) is 11.6 Å². The number of aromatic nitrogens is 2. The summed E-state index contributed by atoms with van der Waals surface area (Å²) in [5, 5.41) is 7.87. The zero-order valence-corrected chi connectivity index (χ0v) is 11.1. The van der Waals surface area contributed by atoms with E-state index in [9.17, 15) is 4.39 Å². The van der Waals surface area contributed by atoms with E-state index in [1.165, 1.54) is 12.1 Å². The van der Waals surface area contributed by atoms with Gasteiger partial charge in [-0.15, -0.1) is 0 Å². The Labute approximate surface area is 111 Å². The highest BCUT2D eigenvalue weighted by molar-refractivity contribution is 6.30. The summed E-state index contributed by atoms with van der Waals surface area (Å²) >= 11 is 5.79. The molecule has 18 heavy (non-hydrogen) atoms. The van der Waals surface area contributed by atoms with E-state index < -0.39 is 0 Å². The van der Waals surface area contributed by atoms with Gasteiger partial charge in [0.2, 0.25) is 0 Å². The average Bonchev–Trinajstić information content (AvgIpc) is 2.66. The average molecular weight is 268 g/mol. The molecule has 0 amide bonds. The summed E-state index contributed by atoms with van der Waals surface area (Å²) in [5.41, 5.74) is 2.76. The number of rotatable bonds is 4. The van der Waals surface area contributed by atoms with E-state index >= 15 is 0 Å². The van der Waals surface area contributed by atoms with Crippen molar-refractivity contribution in [2.75, 3.05) is 5.32 Å². The standard InChI is InChI=1S/C13H15ClFN3/c1-3-11-7-13(18(2)17-11)8-16-12-5-9(14)4-10(15)6-12/h4-7,16H,3,8H2,1-2H3. The molecule has 0 unspecified atom stereocenters. The molecular weight excluding hydrogens is 253 g/mol. The fraction of sp³-hybridized carbons (Fsp3) is 0.308. The minimum absolute atomic E-state index is 0.343. The first-order valence-corrected chi connectivity index (χ1v) is 6.18. The number of hydrogen-bond acceptors (Lipinski definition) is 2. The highest BCUT2D eigenvalue weighted by Crippen LogP contribution is 2.18. The fourth-order valence-corrected chi connectivity index (χ4v) is 1.98. The maximum absolute atomic E-state index is 13.1. The summed E-state index contributed by atoms with van der Waals surface area (Å²) in [5.74, 6) is -0.343. The van der Waals surface area contributed by atoms with Crippen LogP contribution in [0.15, 0.2) is 24.3 Å². The van der Waals surface area contributed by atoms with Crippen LogP contribution in [0.1, 0.15) is 18.3 Å². The van der Waals surface area contributed by atoms with Crippen LogP contribution in [0.3, 0.4) is 0 Å². The molecule has 0 fully saturated rings. The number of anilines is 1. The third-order valence-electron chi connectivity index (χ3n) is 2.73. The van der Waals surface area contributed by atoms with Gasteiger partial charge in [0, 0.05) is 17.8 Å². The zero-order chi connectivity index (χ0) is 13.1. The minimum atomic E-state index is -0.343. The van der Waals surface area contributed by atoms with Gasteiger partial charge in [-0.1, -0.05) is 18.5 Å². The molecule has 5 heteroatoms. The van der Waals surface area contributed by atoms with E-state index in [-0.39, 0.29) is 5.82 Å². The molecule has 0 aliphatic carbocycles. The van der Waals surface area contributed by atoms with Crippen LogP contribution in [0.25, 0.3) is 0 Å². The van der Waals surface area contributed by atoms with E-state index in [1.54, 1.807) is 6.07 Å². The molecule has 96 valence electrons. The summed E-state index contributed by atoms with van der Waals surface area (Å²) in [6.45, 7) is 2.65. The second-order valence-electron chi connectivity index (χ2n) is 4.12. The van der Waals surface area contributed by atoms with E-state index in [0.29, 0.717) is 17.3 Å². The molecule has 0 saturated carbocycles. The molecule has 0 atom stereocenters. The highest BCUT2D eigenvalue weighted by atomic mass is 35.5. The maximum Gasteiger partial charge on any atom is 0.126 e. The summed E-state index contributed by atoms with van der Waals surface area (Å²) in [7, 11) is 1.90. The predicted molar refractivity (Wildman–Crippen MR) is 71.3 cm³/mol. The normalized spacial score (nSPS) is 10.7. The van der Waals surface area contributed by atoms with Crippen LogP contribution in [0.2, 0.25) is 5.02 Å². The Kier molecular flexibility index (Phi) is 3.87. The second-order valence-corrected chi connectivity index (χ2v) is 4.55. The fourth-order valence-electron chi connectivity index (χ4n) is 1.76. The first-order chi connectivity index (χ1) is 8.58. The van der Waals surface area contributed by atoms with Crippen LogP contribution in [-0.4, -0.2) is 9.78 Å². The van der Waals surface area contributed by atoms with Gasteiger partial charge in [0.1, 0.15) is 5.82 Å². The quantitative estimate of drug-likeness (QED) is 0.920. The van der Waals surface area contributed by atoms with Gasteiger partial charge < -0.3 is 5.32 Å². The largest absolute Gasteiger partial charge is 0.379 e. The van der Waals surface area contributed by atoms with Crippen LogP contribution in [0.4, 0.5) is 10.1 Å². The zero-order valence-electron chi connectivity index (χ0n) is 10.4. The van der Waals surface area contributed by atoms with Gasteiger partial charge in [-0.2, -0.15) is 5.10 Å². The Hall–Kier alpha value is -1.55. The van der Waals surface area contributed by atoms with Gasteiger partial charge >= 0.3 is 0 Å². The molecular formula is C13H15ClFN3. The van der Waals surface area contributed by atoms with Crippen molar-refractivity contribution in [2.24, 2.45) is 7.05 Å². The predicted octanol–water partition coefficient (Wildman–Crippen LogP) is 3.39. The van der Waals surface area contributed by atoms with Crippen molar-refractivity contribution < 1.29 is 4.39 Å². The van der Waals surface area contributed by atoms with Gasteiger partial charge in [-0.3, -0.25) is 4.68 Å². The number of nitrogens with zero attached hydrogens (tertiary/aromatic N) is 2. The molecule has 2 rings (SSSR count). The Balaban J connectivity index is 2.08. The van der Waals surface area contributed by atoms with Crippen LogP contribution in [-0.2, 0) is 20.0 Å². The van der Waals surface area contributed by atoms with Gasteiger partial charge in [0.25, 0.3) is 0 Å². The van der Waals surface area contributed by atoms with Gasteiger partial charge in [-0.05, 0) is 30.7 Å². The van der Waals surface area contributed by atoms with Crippen LogP contribution in [0, 0.1) is 5.82 Å². The maximum atomic E-state index is 13.1. The molecule has 0 saturated heterocycles. The van der Waals surface area contributed by atoms with Gasteiger partial charge in [0.05, 0.1) is 17.9 Å². The topological polar surface area (TPSA) is 29.9 Å². The lowest BCUT2D eigenvalue weighted by molar-refractivity contribution is 0.628. The van der Waals surface area contributed by atoms with Gasteiger partial charge in [-0.25, -0.2) is 4.39 Å². The number of benzene rings is 1. The third-order valence-corrected chi connectivity index (χ3v) is 2.94. The molecule has 0 aliphatic heterocycles. The first-order valence-electron chi connectivity index (χ1n) is 5.80. The number of nitrogens with one attached hydrogen (secondary N) is 1. The summed E-state index contributed by atoms with van der Waals surface area (Å²) in [4.78, 5) is 0. The minimum Gasteiger partial charge on any atom is -0.379 e. The summed E-state index contributed by atoms with van der Waals surface area (Å²) in [6.07, 6.45) is 0.902. The first kappa shape index (κ1) is 12.9. The lowest BCUT2D eigenvalue weighted by Gasteiger charge is -2.07.